The molecule has 1 fully saturated rings. The lowest BCUT2D eigenvalue weighted by molar-refractivity contribution is -0.125. The summed E-state index contributed by atoms with van der Waals surface area (Å²) in [6.07, 6.45) is 0. The first-order valence-corrected chi connectivity index (χ1v) is 5.33. The van der Waals surface area contributed by atoms with E-state index in [0.717, 1.165) is 10.6 Å². The van der Waals surface area contributed by atoms with E-state index < -0.39 is 0 Å². The van der Waals surface area contributed by atoms with Crippen LogP contribution in [-0.2, 0) is 11.3 Å². The molecule has 1 aromatic heterocycles. The van der Waals surface area contributed by atoms with Crippen LogP contribution in [0, 0.1) is 6.92 Å². The zero-order valence-corrected chi connectivity index (χ0v) is 9.37. The lowest BCUT2D eigenvalue weighted by Crippen LogP contribution is -2.30. The molecule has 0 atom stereocenters. The Morgan fingerprint density at radius 3 is 2.73 bits per heavy atom. The Morgan fingerprint density at radius 1 is 1.53 bits per heavy atom. The molecular weight excluding hydrogens is 214 g/mol. The largest absolute Gasteiger partial charge is 0.327 e. The summed E-state index contributed by atoms with van der Waals surface area (Å²) in [6.45, 7) is 2.41. The number of aromatic nitrogens is 1. The van der Waals surface area contributed by atoms with Crippen molar-refractivity contribution in [3.05, 3.63) is 16.6 Å². The van der Waals surface area contributed by atoms with Crippen LogP contribution in [0.1, 0.15) is 10.6 Å². The Kier molecular flexibility index (Phi) is 2.44. The highest BCUT2D eigenvalue weighted by atomic mass is 32.1. The molecule has 2 rings (SSSR count). The van der Waals surface area contributed by atoms with Crippen molar-refractivity contribution < 1.29 is 9.59 Å². The van der Waals surface area contributed by atoms with Crippen molar-refractivity contribution in [1.82, 2.24) is 14.2 Å². The molecule has 0 radical (unpaired) electrons. The van der Waals surface area contributed by atoms with Gasteiger partial charge in [0.05, 0.1) is 12.2 Å². The van der Waals surface area contributed by atoms with E-state index in [1.807, 2.05) is 13.0 Å². The molecule has 6 heteroatoms. The SMILES string of the molecule is Cc1cc(CN2C(=O)CN(C)C2=O)sn1. The topological polar surface area (TPSA) is 53.5 Å². The Labute approximate surface area is 91.5 Å². The molecule has 3 amide bonds. The third-order valence-corrected chi connectivity index (χ3v) is 3.08. The molecule has 0 spiro atoms. The molecule has 0 bridgehead atoms. The molecule has 1 aliphatic heterocycles. The summed E-state index contributed by atoms with van der Waals surface area (Å²) in [6, 6.07) is 1.66. The van der Waals surface area contributed by atoms with Crippen LogP contribution in [0.2, 0.25) is 0 Å². The van der Waals surface area contributed by atoms with Gasteiger partial charge in [0.2, 0.25) is 0 Å². The zero-order valence-electron chi connectivity index (χ0n) is 8.56. The van der Waals surface area contributed by atoms with E-state index in [-0.39, 0.29) is 18.5 Å². The Hall–Kier alpha value is -1.43. The van der Waals surface area contributed by atoms with Crippen molar-refractivity contribution in [2.75, 3.05) is 13.6 Å². The first-order valence-electron chi connectivity index (χ1n) is 4.55. The summed E-state index contributed by atoms with van der Waals surface area (Å²) in [5.74, 6) is -0.145. The molecule has 2 heterocycles. The summed E-state index contributed by atoms with van der Waals surface area (Å²) in [5.41, 5.74) is 0.919. The van der Waals surface area contributed by atoms with E-state index in [1.165, 1.54) is 21.3 Å². The fourth-order valence-corrected chi connectivity index (χ4v) is 2.20. The van der Waals surface area contributed by atoms with Crippen LogP contribution < -0.4 is 0 Å². The van der Waals surface area contributed by atoms with Gasteiger partial charge >= 0.3 is 6.03 Å². The van der Waals surface area contributed by atoms with Gasteiger partial charge in [0.15, 0.2) is 0 Å². The van der Waals surface area contributed by atoms with Gasteiger partial charge in [0.1, 0.15) is 6.54 Å². The number of rotatable bonds is 2. The first-order chi connectivity index (χ1) is 7.08. The molecule has 1 aliphatic rings. The standard InChI is InChI=1S/C9H11N3O2S/c1-6-3-7(15-10-6)4-12-8(13)5-11(2)9(12)14/h3H,4-5H2,1-2H3. The molecule has 5 nitrogen and oxygen atoms in total. The van der Waals surface area contributed by atoms with Crippen LogP contribution in [0.4, 0.5) is 4.79 Å². The van der Waals surface area contributed by atoms with Crippen LogP contribution in [0.5, 0.6) is 0 Å². The Bertz CT molecular complexity index is 415. The second-order valence-electron chi connectivity index (χ2n) is 3.55. The van der Waals surface area contributed by atoms with Gasteiger partial charge in [-0.1, -0.05) is 0 Å². The summed E-state index contributed by atoms with van der Waals surface area (Å²) in [4.78, 5) is 26.6. The van der Waals surface area contributed by atoms with E-state index in [1.54, 1.807) is 7.05 Å². The summed E-state index contributed by atoms with van der Waals surface area (Å²) < 4.78 is 4.11. The Balaban J connectivity index is 2.12. The van der Waals surface area contributed by atoms with Crippen molar-refractivity contribution in [3.8, 4) is 0 Å². The molecule has 1 saturated heterocycles. The minimum Gasteiger partial charge on any atom is -0.318 e. The predicted molar refractivity (Wildman–Crippen MR) is 55.4 cm³/mol. The van der Waals surface area contributed by atoms with Crippen LogP contribution in [0.25, 0.3) is 0 Å². The van der Waals surface area contributed by atoms with Gasteiger partial charge in [0.25, 0.3) is 5.91 Å². The number of imide groups is 1. The number of urea groups is 1. The van der Waals surface area contributed by atoms with Crippen molar-refractivity contribution in [2.24, 2.45) is 0 Å². The Morgan fingerprint density at radius 2 is 2.27 bits per heavy atom. The van der Waals surface area contributed by atoms with Gasteiger partial charge in [-0.15, -0.1) is 0 Å². The number of carbonyl (C=O) groups excluding carboxylic acids is 2. The van der Waals surface area contributed by atoms with Gasteiger partial charge in [-0.05, 0) is 24.5 Å². The fraction of sp³-hybridized carbons (Fsp3) is 0.444. The van der Waals surface area contributed by atoms with Crippen molar-refractivity contribution >= 4 is 23.5 Å². The zero-order chi connectivity index (χ0) is 11.0. The van der Waals surface area contributed by atoms with Gasteiger partial charge in [-0.2, -0.15) is 4.37 Å². The van der Waals surface area contributed by atoms with E-state index in [4.69, 9.17) is 0 Å². The number of nitrogens with zero attached hydrogens (tertiary/aromatic N) is 3. The van der Waals surface area contributed by atoms with E-state index in [0.29, 0.717) is 6.54 Å². The number of likely N-dealkylation sites (N-methyl/N-ethyl adjacent to an activating group) is 1. The van der Waals surface area contributed by atoms with Crippen LogP contribution in [0.3, 0.4) is 0 Å². The van der Waals surface area contributed by atoms with Crippen molar-refractivity contribution in [1.29, 1.82) is 0 Å². The van der Waals surface area contributed by atoms with Gasteiger partial charge in [-0.3, -0.25) is 9.69 Å². The maximum Gasteiger partial charge on any atom is 0.327 e. The third-order valence-electron chi connectivity index (χ3n) is 2.22. The minimum atomic E-state index is -0.231. The average Bonchev–Trinajstić information content (AvgIpc) is 2.67. The monoisotopic (exact) mass is 225 g/mol. The number of aryl methyl sites for hydroxylation is 1. The quantitative estimate of drug-likeness (QED) is 0.701. The highest BCUT2D eigenvalue weighted by Gasteiger charge is 2.33. The second kappa shape index (κ2) is 3.62. The molecule has 1 aromatic rings. The maximum absolute atomic E-state index is 11.5. The fourth-order valence-electron chi connectivity index (χ4n) is 1.47. The normalized spacial score (nSPS) is 16.7. The van der Waals surface area contributed by atoms with Crippen LogP contribution in [0.15, 0.2) is 6.07 Å². The molecule has 0 aliphatic carbocycles. The van der Waals surface area contributed by atoms with Crippen molar-refractivity contribution in [3.63, 3.8) is 0 Å². The third kappa shape index (κ3) is 1.85. The number of hydrogen-bond donors (Lipinski definition) is 0. The molecule has 80 valence electrons. The second-order valence-corrected chi connectivity index (χ2v) is 4.44. The predicted octanol–water partition coefficient (Wildman–Crippen LogP) is 0.846. The minimum absolute atomic E-state index is 0.145. The lowest BCUT2D eigenvalue weighted by atomic mass is 10.4. The summed E-state index contributed by atoms with van der Waals surface area (Å²) in [5, 5.41) is 0. The average molecular weight is 225 g/mol. The summed E-state index contributed by atoms with van der Waals surface area (Å²) in [7, 11) is 1.62. The molecule has 15 heavy (non-hydrogen) atoms. The highest BCUT2D eigenvalue weighted by molar-refractivity contribution is 7.05. The van der Waals surface area contributed by atoms with Gasteiger partial charge in [0, 0.05) is 11.9 Å². The molecule has 0 saturated carbocycles. The number of hydrogen-bond acceptors (Lipinski definition) is 4. The smallest absolute Gasteiger partial charge is 0.318 e. The molecule has 0 N–H and O–H groups in total. The van der Waals surface area contributed by atoms with Gasteiger partial charge < -0.3 is 4.90 Å². The van der Waals surface area contributed by atoms with Crippen LogP contribution >= 0.6 is 11.5 Å². The van der Waals surface area contributed by atoms with E-state index >= 15 is 0 Å². The molecule has 0 aromatic carbocycles. The number of amides is 3. The highest BCUT2D eigenvalue weighted by Crippen LogP contribution is 2.16. The van der Waals surface area contributed by atoms with E-state index in [2.05, 4.69) is 4.37 Å². The lowest BCUT2D eigenvalue weighted by Gasteiger charge is -2.11. The number of carbonyl (C=O) groups is 2. The van der Waals surface area contributed by atoms with E-state index in [9.17, 15) is 9.59 Å². The molecule has 0 unspecified atom stereocenters. The van der Waals surface area contributed by atoms with Gasteiger partial charge in [-0.25, -0.2) is 4.79 Å². The maximum atomic E-state index is 11.5. The summed E-state index contributed by atoms with van der Waals surface area (Å²) >= 11 is 1.33. The molecular formula is C9H11N3O2S. The first kappa shape index (κ1) is 10.1. The van der Waals surface area contributed by atoms with Crippen molar-refractivity contribution in [2.45, 2.75) is 13.5 Å². The van der Waals surface area contributed by atoms with Crippen LogP contribution in [-0.4, -0.2) is 39.7 Å².